The van der Waals surface area contributed by atoms with E-state index in [0.717, 1.165) is 28.0 Å². The Morgan fingerprint density at radius 1 is 1.10 bits per heavy atom. The maximum atomic E-state index is 6.00. The summed E-state index contributed by atoms with van der Waals surface area (Å²) >= 11 is 7.71. The minimum Gasteiger partial charge on any atom is -0.331 e. The number of benzene rings is 2. The Bertz CT molecular complexity index is 800. The summed E-state index contributed by atoms with van der Waals surface area (Å²) in [4.78, 5) is 6.05. The van der Waals surface area contributed by atoms with Crippen molar-refractivity contribution in [1.82, 2.24) is 4.98 Å². The van der Waals surface area contributed by atoms with Crippen molar-refractivity contribution >= 4 is 50.7 Å². The van der Waals surface area contributed by atoms with Crippen LogP contribution < -0.4 is 5.32 Å². The molecule has 0 amide bonds. The van der Waals surface area contributed by atoms with Gasteiger partial charge >= 0.3 is 0 Å². The van der Waals surface area contributed by atoms with Gasteiger partial charge in [-0.2, -0.15) is 0 Å². The maximum absolute atomic E-state index is 6.00. The zero-order valence-corrected chi connectivity index (χ0v) is 14.3. The van der Waals surface area contributed by atoms with E-state index in [-0.39, 0.29) is 17.0 Å². The number of halogens is 2. The van der Waals surface area contributed by atoms with Gasteiger partial charge in [-0.1, -0.05) is 41.9 Å². The summed E-state index contributed by atoms with van der Waals surface area (Å²) in [5.74, 6) is 0. The second-order valence-electron chi connectivity index (χ2n) is 4.76. The first-order chi connectivity index (χ1) is 9.79. The fourth-order valence-corrected chi connectivity index (χ4v) is 3.71. The number of rotatable bonds is 2. The third kappa shape index (κ3) is 2.71. The van der Waals surface area contributed by atoms with Crippen molar-refractivity contribution in [3.63, 3.8) is 0 Å². The lowest BCUT2D eigenvalue weighted by Gasteiger charge is -2.03. The number of nitrogens with one attached hydrogen (secondary N) is 1. The van der Waals surface area contributed by atoms with Crippen LogP contribution in [0, 0.1) is 0 Å². The van der Waals surface area contributed by atoms with Crippen molar-refractivity contribution in [3.8, 4) is 11.3 Å². The zero-order valence-electron chi connectivity index (χ0n) is 11.0. The highest BCUT2D eigenvalue weighted by molar-refractivity contribution is 8.93. The van der Waals surface area contributed by atoms with Crippen LogP contribution in [0.2, 0.25) is 5.02 Å². The van der Waals surface area contributed by atoms with E-state index in [0.29, 0.717) is 0 Å². The van der Waals surface area contributed by atoms with Crippen LogP contribution >= 0.6 is 39.9 Å². The molecule has 0 radical (unpaired) electrons. The molecule has 1 aromatic heterocycles. The first kappa shape index (κ1) is 14.6. The van der Waals surface area contributed by atoms with Crippen LogP contribution in [-0.4, -0.2) is 4.98 Å². The number of hydrogen-bond donors (Lipinski definition) is 1. The molecule has 0 unspecified atom stereocenters. The average molecular weight is 380 g/mol. The molecule has 3 aromatic rings. The summed E-state index contributed by atoms with van der Waals surface area (Å²) in [6.45, 7) is 0. The van der Waals surface area contributed by atoms with Gasteiger partial charge in [-0.05, 0) is 23.8 Å². The number of anilines is 2. The van der Waals surface area contributed by atoms with E-state index in [2.05, 4.69) is 29.6 Å². The number of thiazole rings is 1. The highest BCUT2D eigenvalue weighted by Gasteiger charge is 2.22. The van der Waals surface area contributed by atoms with E-state index in [9.17, 15) is 0 Å². The highest BCUT2D eigenvalue weighted by atomic mass is 79.9. The first-order valence-electron chi connectivity index (χ1n) is 6.40. The van der Waals surface area contributed by atoms with Gasteiger partial charge < -0.3 is 5.32 Å². The van der Waals surface area contributed by atoms with Crippen molar-refractivity contribution in [1.29, 1.82) is 0 Å². The molecule has 1 aliphatic rings. The largest absolute Gasteiger partial charge is 0.331 e. The predicted octanol–water partition coefficient (Wildman–Crippen LogP) is 5.69. The molecule has 2 aromatic carbocycles. The molecule has 4 rings (SSSR count). The summed E-state index contributed by atoms with van der Waals surface area (Å²) in [6, 6.07) is 16.2. The molecule has 106 valence electrons. The number of aromatic nitrogens is 1. The monoisotopic (exact) mass is 378 g/mol. The van der Waals surface area contributed by atoms with E-state index in [1.807, 2.05) is 24.3 Å². The molecule has 0 atom stereocenters. The lowest BCUT2D eigenvalue weighted by atomic mass is 10.1. The average Bonchev–Trinajstić information content (AvgIpc) is 2.95. The Labute approximate surface area is 142 Å². The van der Waals surface area contributed by atoms with Gasteiger partial charge in [0, 0.05) is 27.6 Å². The van der Waals surface area contributed by atoms with Crippen LogP contribution in [0.4, 0.5) is 10.8 Å². The molecule has 0 spiro atoms. The van der Waals surface area contributed by atoms with E-state index < -0.39 is 0 Å². The van der Waals surface area contributed by atoms with Gasteiger partial charge in [0.15, 0.2) is 5.13 Å². The molecular formula is C16H12BrClN2S. The molecule has 0 saturated carbocycles. The summed E-state index contributed by atoms with van der Waals surface area (Å²) in [7, 11) is 0. The van der Waals surface area contributed by atoms with Gasteiger partial charge in [-0.25, -0.2) is 4.98 Å². The third-order valence-electron chi connectivity index (χ3n) is 3.40. The van der Waals surface area contributed by atoms with Crippen LogP contribution in [0.1, 0.15) is 10.4 Å². The normalized spacial score (nSPS) is 11.5. The van der Waals surface area contributed by atoms with Crippen molar-refractivity contribution in [2.75, 3.05) is 5.32 Å². The summed E-state index contributed by atoms with van der Waals surface area (Å²) < 4.78 is 0. The smallest absolute Gasteiger partial charge is 0.187 e. The number of hydrogen-bond acceptors (Lipinski definition) is 3. The zero-order chi connectivity index (χ0) is 13.5. The van der Waals surface area contributed by atoms with Crippen LogP contribution in [0.3, 0.4) is 0 Å². The Kier molecular flexibility index (Phi) is 4.02. The SMILES string of the molecule is Br.Clc1cccc(Nc2nc3c(s2)Cc2ccccc2-3)c1. The lowest BCUT2D eigenvalue weighted by Crippen LogP contribution is -1.89. The quantitative estimate of drug-likeness (QED) is 0.484. The second kappa shape index (κ2) is 5.79. The first-order valence-corrected chi connectivity index (χ1v) is 7.59. The molecule has 2 nitrogen and oxygen atoms in total. The molecule has 1 aliphatic carbocycles. The van der Waals surface area contributed by atoms with Gasteiger partial charge in [-0.15, -0.1) is 28.3 Å². The summed E-state index contributed by atoms with van der Waals surface area (Å²) in [6.07, 6.45) is 0.987. The van der Waals surface area contributed by atoms with Crippen LogP contribution in [0.15, 0.2) is 48.5 Å². The van der Waals surface area contributed by atoms with Crippen LogP contribution in [0.25, 0.3) is 11.3 Å². The Balaban J connectivity index is 0.00000132. The molecule has 21 heavy (non-hydrogen) atoms. The van der Waals surface area contributed by atoms with Crippen molar-refractivity contribution in [3.05, 3.63) is 64.0 Å². The fraction of sp³-hybridized carbons (Fsp3) is 0.0625. The van der Waals surface area contributed by atoms with Crippen molar-refractivity contribution in [2.45, 2.75) is 6.42 Å². The fourth-order valence-electron chi connectivity index (χ4n) is 2.50. The number of nitrogens with zero attached hydrogens (tertiary/aromatic N) is 1. The van der Waals surface area contributed by atoms with Gasteiger partial charge in [-0.3, -0.25) is 0 Å². The molecular weight excluding hydrogens is 368 g/mol. The molecule has 0 bridgehead atoms. The van der Waals surface area contributed by atoms with Crippen LogP contribution in [0.5, 0.6) is 0 Å². The predicted molar refractivity (Wildman–Crippen MR) is 95.4 cm³/mol. The maximum Gasteiger partial charge on any atom is 0.187 e. The molecule has 0 aliphatic heterocycles. The molecule has 1 N–H and O–H groups in total. The van der Waals surface area contributed by atoms with E-state index in [4.69, 9.17) is 16.6 Å². The Morgan fingerprint density at radius 3 is 2.81 bits per heavy atom. The molecule has 0 fully saturated rings. The summed E-state index contributed by atoms with van der Waals surface area (Å²) in [5, 5.41) is 4.98. The molecule has 0 saturated heterocycles. The Morgan fingerprint density at radius 2 is 1.95 bits per heavy atom. The minimum absolute atomic E-state index is 0. The van der Waals surface area contributed by atoms with Gasteiger partial charge in [0.1, 0.15) is 0 Å². The van der Waals surface area contributed by atoms with E-state index in [1.54, 1.807) is 11.3 Å². The lowest BCUT2D eigenvalue weighted by molar-refractivity contribution is 1.31. The van der Waals surface area contributed by atoms with Crippen molar-refractivity contribution in [2.24, 2.45) is 0 Å². The van der Waals surface area contributed by atoms with E-state index >= 15 is 0 Å². The third-order valence-corrected chi connectivity index (χ3v) is 4.60. The van der Waals surface area contributed by atoms with Crippen LogP contribution in [-0.2, 0) is 6.42 Å². The second-order valence-corrected chi connectivity index (χ2v) is 6.28. The minimum atomic E-state index is 0. The summed E-state index contributed by atoms with van der Waals surface area (Å²) in [5.41, 5.74) is 4.72. The van der Waals surface area contributed by atoms with Gasteiger partial charge in [0.05, 0.1) is 5.69 Å². The topological polar surface area (TPSA) is 24.9 Å². The Hall–Kier alpha value is -1.36. The molecule has 1 heterocycles. The molecule has 5 heteroatoms. The number of fused-ring (bicyclic) bond motifs is 3. The van der Waals surface area contributed by atoms with E-state index in [1.165, 1.54) is 16.0 Å². The van der Waals surface area contributed by atoms with Gasteiger partial charge in [0.25, 0.3) is 0 Å². The standard InChI is InChI=1S/C16H11ClN2S.BrH/c17-11-5-3-6-12(9-11)18-16-19-15-13-7-2-1-4-10(13)8-14(15)20-16;/h1-7,9H,8H2,(H,18,19);1H. The highest BCUT2D eigenvalue weighted by Crippen LogP contribution is 2.41. The van der Waals surface area contributed by atoms with Gasteiger partial charge in [0.2, 0.25) is 0 Å². The van der Waals surface area contributed by atoms with Crippen molar-refractivity contribution < 1.29 is 0 Å².